The third-order valence-corrected chi connectivity index (χ3v) is 4.93. The Kier molecular flexibility index (Phi) is 3.94. The minimum atomic E-state index is 0.525. The molecule has 2 aromatic rings. The predicted molar refractivity (Wildman–Crippen MR) is 86.9 cm³/mol. The number of likely N-dealkylation sites (tertiary alicyclic amines) is 1. The molecule has 4 rings (SSSR count). The number of benzene rings is 1. The van der Waals surface area contributed by atoms with E-state index >= 15 is 0 Å². The summed E-state index contributed by atoms with van der Waals surface area (Å²) < 4.78 is 2.12. The summed E-state index contributed by atoms with van der Waals surface area (Å²) in [6, 6.07) is 11.3. The predicted octanol–water partition coefficient (Wildman–Crippen LogP) is 3.04. The lowest BCUT2D eigenvalue weighted by Crippen LogP contribution is -2.23. The van der Waals surface area contributed by atoms with E-state index in [0.29, 0.717) is 12.0 Å². The van der Waals surface area contributed by atoms with Crippen molar-refractivity contribution in [2.45, 2.75) is 44.1 Å². The van der Waals surface area contributed by atoms with Gasteiger partial charge in [0.1, 0.15) is 0 Å². The summed E-state index contributed by atoms with van der Waals surface area (Å²) in [5, 5.41) is 8.71. The Balaban J connectivity index is 1.25. The van der Waals surface area contributed by atoms with Gasteiger partial charge in [0, 0.05) is 25.2 Å². The van der Waals surface area contributed by atoms with Crippen LogP contribution in [0.15, 0.2) is 36.5 Å². The van der Waals surface area contributed by atoms with Crippen LogP contribution in [-0.4, -0.2) is 39.5 Å². The van der Waals surface area contributed by atoms with Crippen LogP contribution in [0.25, 0.3) is 0 Å². The molecule has 2 fully saturated rings. The van der Waals surface area contributed by atoms with Gasteiger partial charge in [-0.15, -0.1) is 5.10 Å². The van der Waals surface area contributed by atoms with Crippen LogP contribution < -0.4 is 0 Å². The number of rotatable bonds is 6. The van der Waals surface area contributed by atoms with E-state index in [-0.39, 0.29) is 0 Å². The minimum Gasteiger partial charge on any atom is -0.301 e. The highest BCUT2D eigenvalue weighted by molar-refractivity contribution is 5.14. The zero-order chi connectivity index (χ0) is 14.8. The van der Waals surface area contributed by atoms with E-state index in [1.807, 2.05) is 0 Å². The number of hydrogen-bond acceptors (Lipinski definition) is 3. The summed E-state index contributed by atoms with van der Waals surface area (Å²) in [7, 11) is 0. The maximum absolute atomic E-state index is 4.36. The molecule has 1 saturated heterocycles. The first-order valence-corrected chi connectivity index (χ1v) is 8.56. The van der Waals surface area contributed by atoms with Gasteiger partial charge >= 0.3 is 0 Å². The summed E-state index contributed by atoms with van der Waals surface area (Å²) >= 11 is 0. The molecule has 1 aromatic carbocycles. The molecule has 1 atom stereocenters. The zero-order valence-corrected chi connectivity index (χ0v) is 13.1. The second-order valence-corrected chi connectivity index (χ2v) is 6.73. The first kappa shape index (κ1) is 13.9. The van der Waals surface area contributed by atoms with Crippen LogP contribution in [0.4, 0.5) is 0 Å². The van der Waals surface area contributed by atoms with Crippen LogP contribution >= 0.6 is 0 Å². The molecular formula is C18H24N4. The van der Waals surface area contributed by atoms with Crippen LogP contribution in [-0.2, 0) is 6.42 Å². The zero-order valence-electron chi connectivity index (χ0n) is 13.1. The second-order valence-electron chi connectivity index (χ2n) is 6.73. The van der Waals surface area contributed by atoms with Crippen molar-refractivity contribution in [3.8, 4) is 0 Å². The van der Waals surface area contributed by atoms with E-state index in [1.165, 1.54) is 56.5 Å². The third kappa shape index (κ3) is 3.22. The number of nitrogens with zero attached hydrogens (tertiary/aromatic N) is 4. The minimum absolute atomic E-state index is 0.525. The number of aromatic nitrogens is 3. The Morgan fingerprint density at radius 2 is 1.95 bits per heavy atom. The monoisotopic (exact) mass is 296 g/mol. The van der Waals surface area contributed by atoms with E-state index < -0.39 is 0 Å². The second kappa shape index (κ2) is 6.21. The van der Waals surface area contributed by atoms with E-state index in [2.05, 4.69) is 56.4 Å². The first-order chi connectivity index (χ1) is 10.9. The van der Waals surface area contributed by atoms with Gasteiger partial charge < -0.3 is 4.90 Å². The molecule has 2 aliphatic rings. The SMILES string of the molecule is c1ccc(CCCN2CCC(n3cc(C4CC4)nn3)C2)cc1. The van der Waals surface area contributed by atoms with Crippen molar-refractivity contribution in [1.82, 2.24) is 19.9 Å². The molecule has 0 N–H and O–H groups in total. The summed E-state index contributed by atoms with van der Waals surface area (Å²) in [4.78, 5) is 2.58. The van der Waals surface area contributed by atoms with Crippen LogP contribution in [0.1, 0.15) is 48.9 Å². The van der Waals surface area contributed by atoms with Crippen molar-refractivity contribution < 1.29 is 0 Å². The Hall–Kier alpha value is -1.68. The van der Waals surface area contributed by atoms with E-state index in [0.717, 1.165) is 6.54 Å². The van der Waals surface area contributed by atoms with E-state index in [1.54, 1.807) is 0 Å². The third-order valence-electron chi connectivity index (χ3n) is 4.93. The van der Waals surface area contributed by atoms with Crippen LogP contribution in [0, 0.1) is 0 Å². The van der Waals surface area contributed by atoms with E-state index in [4.69, 9.17) is 0 Å². The van der Waals surface area contributed by atoms with Gasteiger partial charge in [-0.2, -0.15) is 0 Å². The maximum Gasteiger partial charge on any atom is 0.0858 e. The summed E-state index contributed by atoms with van der Waals surface area (Å²) in [5.74, 6) is 0.706. The highest BCUT2D eigenvalue weighted by Gasteiger charge is 2.29. The van der Waals surface area contributed by atoms with E-state index in [9.17, 15) is 0 Å². The van der Waals surface area contributed by atoms with Gasteiger partial charge in [0.15, 0.2) is 0 Å². The van der Waals surface area contributed by atoms with Crippen molar-refractivity contribution in [3.63, 3.8) is 0 Å². The van der Waals surface area contributed by atoms with Gasteiger partial charge in [-0.25, -0.2) is 4.68 Å². The number of aryl methyl sites for hydroxylation is 1. The van der Waals surface area contributed by atoms with Crippen LogP contribution in [0.2, 0.25) is 0 Å². The first-order valence-electron chi connectivity index (χ1n) is 8.56. The van der Waals surface area contributed by atoms with Crippen molar-refractivity contribution >= 4 is 0 Å². The Morgan fingerprint density at radius 1 is 1.09 bits per heavy atom. The van der Waals surface area contributed by atoms with Gasteiger partial charge in [0.05, 0.1) is 11.7 Å². The molecule has 4 heteroatoms. The van der Waals surface area contributed by atoms with Crippen molar-refractivity contribution in [3.05, 3.63) is 47.8 Å². The highest BCUT2D eigenvalue weighted by atomic mass is 15.4. The fourth-order valence-electron chi connectivity index (χ4n) is 3.42. The molecule has 1 unspecified atom stereocenters. The standard InChI is InChI=1S/C18H24N4/c1-2-5-15(6-3-1)7-4-11-21-12-10-17(13-21)22-14-18(19-20-22)16-8-9-16/h1-3,5-6,14,16-17H,4,7-13H2. The summed E-state index contributed by atoms with van der Waals surface area (Å²) in [6.45, 7) is 3.51. The average molecular weight is 296 g/mol. The lowest BCUT2D eigenvalue weighted by molar-refractivity contribution is 0.314. The largest absolute Gasteiger partial charge is 0.301 e. The lowest BCUT2D eigenvalue weighted by Gasteiger charge is -2.15. The Labute approximate surface area is 132 Å². The smallest absolute Gasteiger partial charge is 0.0858 e. The topological polar surface area (TPSA) is 34.0 Å². The average Bonchev–Trinajstić information content (AvgIpc) is 3.10. The molecule has 4 nitrogen and oxygen atoms in total. The van der Waals surface area contributed by atoms with Gasteiger partial charge in [-0.05, 0) is 44.2 Å². The highest BCUT2D eigenvalue weighted by Crippen LogP contribution is 2.39. The fraction of sp³-hybridized carbons (Fsp3) is 0.556. The summed E-state index contributed by atoms with van der Waals surface area (Å²) in [5.41, 5.74) is 2.66. The van der Waals surface area contributed by atoms with Crippen molar-refractivity contribution in [1.29, 1.82) is 0 Å². The maximum atomic E-state index is 4.36. The molecular weight excluding hydrogens is 272 g/mol. The van der Waals surface area contributed by atoms with Gasteiger partial charge in [0.25, 0.3) is 0 Å². The lowest BCUT2D eigenvalue weighted by atomic mass is 10.1. The van der Waals surface area contributed by atoms with Gasteiger partial charge in [-0.3, -0.25) is 0 Å². The quantitative estimate of drug-likeness (QED) is 0.821. The molecule has 0 spiro atoms. The molecule has 0 bridgehead atoms. The Bertz CT molecular complexity index is 603. The van der Waals surface area contributed by atoms with Crippen LogP contribution in [0.3, 0.4) is 0 Å². The molecule has 1 aliphatic carbocycles. The molecule has 1 aliphatic heterocycles. The van der Waals surface area contributed by atoms with Crippen molar-refractivity contribution in [2.24, 2.45) is 0 Å². The number of hydrogen-bond donors (Lipinski definition) is 0. The summed E-state index contributed by atoms with van der Waals surface area (Å²) in [6.07, 6.45) is 8.41. The molecule has 1 saturated carbocycles. The van der Waals surface area contributed by atoms with Gasteiger partial charge in [-0.1, -0.05) is 35.5 Å². The fourth-order valence-corrected chi connectivity index (χ4v) is 3.42. The normalized spacial score (nSPS) is 22.3. The molecule has 116 valence electrons. The molecule has 22 heavy (non-hydrogen) atoms. The van der Waals surface area contributed by atoms with Crippen LogP contribution in [0.5, 0.6) is 0 Å². The molecule has 1 aromatic heterocycles. The molecule has 2 heterocycles. The van der Waals surface area contributed by atoms with Crippen molar-refractivity contribution in [2.75, 3.05) is 19.6 Å². The molecule has 0 radical (unpaired) electrons. The Morgan fingerprint density at radius 3 is 2.77 bits per heavy atom. The molecule has 0 amide bonds. The van der Waals surface area contributed by atoms with Gasteiger partial charge in [0.2, 0.25) is 0 Å².